The first kappa shape index (κ1) is 19.5. The molecule has 134 valence electrons. The first-order chi connectivity index (χ1) is 11.2. The lowest BCUT2D eigenvalue weighted by Crippen LogP contribution is -2.36. The van der Waals surface area contributed by atoms with Crippen LogP contribution in [0.1, 0.15) is 45.7 Å². The SMILES string of the molecule is CC(NCC1CCN(C(=O)OC(C)(C)C)C1)c1ccc(Br)cc1Cl. The maximum atomic E-state index is 12.1. The molecule has 0 radical (unpaired) electrons. The van der Waals surface area contributed by atoms with Crippen LogP contribution in [0.15, 0.2) is 22.7 Å². The van der Waals surface area contributed by atoms with Gasteiger partial charge in [0.1, 0.15) is 5.60 Å². The Hall–Kier alpha value is -0.780. The molecule has 0 spiro atoms. The summed E-state index contributed by atoms with van der Waals surface area (Å²) in [6, 6.07) is 6.11. The second kappa shape index (κ2) is 8.07. The maximum Gasteiger partial charge on any atom is 0.410 e. The predicted molar refractivity (Wildman–Crippen MR) is 101 cm³/mol. The molecule has 2 atom stereocenters. The minimum absolute atomic E-state index is 0.168. The Morgan fingerprint density at radius 2 is 2.21 bits per heavy atom. The summed E-state index contributed by atoms with van der Waals surface area (Å²) < 4.78 is 6.42. The van der Waals surface area contributed by atoms with E-state index in [0.717, 1.165) is 41.1 Å². The molecule has 1 aromatic carbocycles. The van der Waals surface area contributed by atoms with Crippen molar-refractivity contribution in [3.8, 4) is 0 Å². The lowest BCUT2D eigenvalue weighted by molar-refractivity contribution is 0.0288. The number of likely N-dealkylation sites (tertiary alicyclic amines) is 1. The molecule has 24 heavy (non-hydrogen) atoms. The number of hydrogen-bond donors (Lipinski definition) is 1. The topological polar surface area (TPSA) is 41.6 Å². The van der Waals surface area contributed by atoms with Gasteiger partial charge in [-0.05, 0) is 57.7 Å². The summed E-state index contributed by atoms with van der Waals surface area (Å²) in [7, 11) is 0. The fourth-order valence-corrected chi connectivity index (χ4v) is 3.63. The van der Waals surface area contributed by atoms with Crippen molar-refractivity contribution < 1.29 is 9.53 Å². The minimum atomic E-state index is -0.444. The van der Waals surface area contributed by atoms with Crippen molar-refractivity contribution in [2.24, 2.45) is 5.92 Å². The van der Waals surface area contributed by atoms with E-state index in [0.29, 0.717) is 5.92 Å². The summed E-state index contributed by atoms with van der Waals surface area (Å²) in [6.45, 7) is 10.1. The number of benzene rings is 1. The van der Waals surface area contributed by atoms with Crippen molar-refractivity contribution >= 4 is 33.6 Å². The summed E-state index contributed by atoms with van der Waals surface area (Å²) >= 11 is 9.73. The molecule has 0 saturated carbocycles. The Bertz CT molecular complexity index is 589. The third-order valence-corrected chi connectivity index (χ3v) is 4.90. The first-order valence-corrected chi connectivity index (χ1v) is 9.49. The highest BCUT2D eigenvalue weighted by Gasteiger charge is 2.29. The highest BCUT2D eigenvalue weighted by Crippen LogP contribution is 2.27. The van der Waals surface area contributed by atoms with Crippen LogP contribution in [0, 0.1) is 5.92 Å². The molecule has 0 aromatic heterocycles. The molecule has 1 aliphatic rings. The monoisotopic (exact) mass is 416 g/mol. The van der Waals surface area contributed by atoms with Crippen LogP contribution in [-0.2, 0) is 4.74 Å². The van der Waals surface area contributed by atoms with Gasteiger partial charge in [0.25, 0.3) is 0 Å². The molecule has 2 rings (SSSR count). The molecule has 1 aliphatic heterocycles. The molecule has 1 amide bonds. The van der Waals surface area contributed by atoms with Gasteiger partial charge in [-0.25, -0.2) is 4.79 Å². The summed E-state index contributed by atoms with van der Waals surface area (Å²) in [5, 5.41) is 4.29. The molecular weight excluding hydrogens is 392 g/mol. The summed E-state index contributed by atoms with van der Waals surface area (Å²) in [5.41, 5.74) is 0.641. The first-order valence-electron chi connectivity index (χ1n) is 8.32. The fraction of sp³-hybridized carbons (Fsp3) is 0.611. The zero-order valence-corrected chi connectivity index (χ0v) is 17.1. The lowest BCUT2D eigenvalue weighted by atomic mass is 10.1. The van der Waals surface area contributed by atoms with Crippen LogP contribution in [0.2, 0.25) is 5.02 Å². The second-order valence-corrected chi connectivity index (χ2v) is 8.70. The zero-order valence-electron chi connectivity index (χ0n) is 14.7. The van der Waals surface area contributed by atoms with Gasteiger partial charge in [-0.1, -0.05) is 33.6 Å². The molecule has 1 heterocycles. The molecule has 2 unspecified atom stereocenters. The average molecular weight is 418 g/mol. The molecule has 1 saturated heterocycles. The standard InChI is InChI=1S/C18H26BrClN2O2/c1-12(15-6-5-14(19)9-16(15)20)21-10-13-7-8-22(11-13)17(23)24-18(2,3)4/h5-6,9,12-13,21H,7-8,10-11H2,1-4H3. The van der Waals surface area contributed by atoms with E-state index in [2.05, 4.69) is 28.2 Å². The Morgan fingerprint density at radius 1 is 1.50 bits per heavy atom. The number of halogens is 2. The number of rotatable bonds is 4. The minimum Gasteiger partial charge on any atom is -0.444 e. The molecule has 4 nitrogen and oxygen atoms in total. The van der Waals surface area contributed by atoms with E-state index in [-0.39, 0.29) is 12.1 Å². The highest BCUT2D eigenvalue weighted by atomic mass is 79.9. The van der Waals surface area contributed by atoms with E-state index < -0.39 is 5.60 Å². The smallest absolute Gasteiger partial charge is 0.410 e. The number of ether oxygens (including phenoxy) is 1. The van der Waals surface area contributed by atoms with Gasteiger partial charge in [0.05, 0.1) is 0 Å². The summed E-state index contributed by atoms with van der Waals surface area (Å²) in [5.74, 6) is 0.439. The van der Waals surface area contributed by atoms with Gasteiger partial charge < -0.3 is 15.0 Å². The predicted octanol–water partition coefficient (Wildman–Crippen LogP) is 5.01. The van der Waals surface area contributed by atoms with Crippen molar-refractivity contribution in [2.45, 2.75) is 45.8 Å². The number of carbonyl (C=O) groups is 1. The Morgan fingerprint density at radius 3 is 2.83 bits per heavy atom. The molecule has 1 N–H and O–H groups in total. The van der Waals surface area contributed by atoms with Gasteiger partial charge in [-0.3, -0.25) is 0 Å². The largest absolute Gasteiger partial charge is 0.444 e. The van der Waals surface area contributed by atoms with E-state index >= 15 is 0 Å². The van der Waals surface area contributed by atoms with Crippen LogP contribution >= 0.6 is 27.5 Å². The normalized spacial score (nSPS) is 19.4. The molecular formula is C18H26BrClN2O2. The third-order valence-electron chi connectivity index (χ3n) is 4.08. The van der Waals surface area contributed by atoms with Crippen LogP contribution in [0.5, 0.6) is 0 Å². The number of hydrogen-bond acceptors (Lipinski definition) is 3. The quantitative estimate of drug-likeness (QED) is 0.748. The van der Waals surface area contributed by atoms with Crippen molar-refractivity contribution in [3.63, 3.8) is 0 Å². The number of nitrogens with zero attached hydrogens (tertiary/aromatic N) is 1. The van der Waals surface area contributed by atoms with Crippen molar-refractivity contribution in [1.82, 2.24) is 10.2 Å². The van der Waals surface area contributed by atoms with Gasteiger partial charge in [0.15, 0.2) is 0 Å². The number of nitrogens with one attached hydrogen (secondary N) is 1. The van der Waals surface area contributed by atoms with Gasteiger partial charge >= 0.3 is 6.09 Å². The maximum absolute atomic E-state index is 12.1. The zero-order chi connectivity index (χ0) is 17.9. The van der Waals surface area contributed by atoms with Crippen molar-refractivity contribution in [3.05, 3.63) is 33.3 Å². The fourth-order valence-electron chi connectivity index (χ4n) is 2.80. The van der Waals surface area contributed by atoms with E-state index in [1.807, 2.05) is 39.0 Å². The van der Waals surface area contributed by atoms with Gasteiger partial charge in [0.2, 0.25) is 0 Å². The van der Waals surface area contributed by atoms with E-state index in [1.54, 1.807) is 4.90 Å². The van der Waals surface area contributed by atoms with E-state index in [4.69, 9.17) is 16.3 Å². The third kappa shape index (κ3) is 5.64. The number of amides is 1. The van der Waals surface area contributed by atoms with Crippen LogP contribution in [0.3, 0.4) is 0 Å². The Balaban J connectivity index is 1.82. The van der Waals surface area contributed by atoms with Gasteiger partial charge in [-0.15, -0.1) is 0 Å². The molecule has 6 heteroatoms. The summed E-state index contributed by atoms with van der Waals surface area (Å²) in [6.07, 6.45) is 0.779. The lowest BCUT2D eigenvalue weighted by Gasteiger charge is -2.24. The van der Waals surface area contributed by atoms with Crippen LogP contribution in [-0.4, -0.2) is 36.2 Å². The molecule has 1 aromatic rings. The van der Waals surface area contributed by atoms with Crippen molar-refractivity contribution in [2.75, 3.05) is 19.6 Å². The second-order valence-electron chi connectivity index (χ2n) is 7.38. The van der Waals surface area contributed by atoms with Crippen molar-refractivity contribution in [1.29, 1.82) is 0 Å². The Kier molecular flexibility index (Phi) is 6.57. The Labute approximate surface area is 158 Å². The van der Waals surface area contributed by atoms with Crippen LogP contribution in [0.4, 0.5) is 4.79 Å². The van der Waals surface area contributed by atoms with E-state index in [9.17, 15) is 4.79 Å². The number of carbonyl (C=O) groups excluding carboxylic acids is 1. The van der Waals surface area contributed by atoms with Crippen LogP contribution < -0.4 is 5.32 Å². The van der Waals surface area contributed by atoms with E-state index in [1.165, 1.54) is 0 Å². The van der Waals surface area contributed by atoms with Crippen LogP contribution in [0.25, 0.3) is 0 Å². The molecule has 0 bridgehead atoms. The summed E-state index contributed by atoms with van der Waals surface area (Å²) in [4.78, 5) is 13.9. The van der Waals surface area contributed by atoms with Gasteiger partial charge in [-0.2, -0.15) is 0 Å². The molecule has 1 fully saturated rings. The highest BCUT2D eigenvalue weighted by molar-refractivity contribution is 9.10. The van der Waals surface area contributed by atoms with Gasteiger partial charge in [0, 0.05) is 35.2 Å². The average Bonchev–Trinajstić information content (AvgIpc) is 2.92. The molecule has 0 aliphatic carbocycles.